The van der Waals surface area contributed by atoms with Gasteiger partial charge in [-0.05, 0) is 11.5 Å². The van der Waals surface area contributed by atoms with E-state index in [1.807, 2.05) is 26.0 Å². The Kier molecular flexibility index (Phi) is 4.52. The van der Waals surface area contributed by atoms with E-state index in [0.717, 1.165) is 5.56 Å². The van der Waals surface area contributed by atoms with Crippen LogP contribution < -0.4 is 10.5 Å². The van der Waals surface area contributed by atoms with Gasteiger partial charge in [-0.15, -0.1) is 0 Å². The van der Waals surface area contributed by atoms with Crippen molar-refractivity contribution >= 4 is 5.97 Å². The molecule has 1 rings (SSSR count). The van der Waals surface area contributed by atoms with Crippen LogP contribution in [0.1, 0.15) is 36.8 Å². The van der Waals surface area contributed by atoms with E-state index in [-0.39, 0.29) is 12.5 Å². The second-order valence-corrected chi connectivity index (χ2v) is 4.25. The molecule has 0 aliphatic rings. The van der Waals surface area contributed by atoms with E-state index in [2.05, 4.69) is 0 Å². The third kappa shape index (κ3) is 2.77. The number of rotatable bonds is 5. The summed E-state index contributed by atoms with van der Waals surface area (Å²) in [7, 11) is 1.56. The molecular formula is C13H19NO3. The maximum atomic E-state index is 11.1. The zero-order chi connectivity index (χ0) is 13.0. The summed E-state index contributed by atoms with van der Waals surface area (Å²) >= 11 is 0. The Hall–Kier alpha value is -1.55. The number of ether oxygens (including phenoxy) is 1. The number of carbonyl (C=O) groups is 1. The van der Waals surface area contributed by atoms with Crippen molar-refractivity contribution in [1.82, 2.24) is 0 Å². The topological polar surface area (TPSA) is 72.5 Å². The van der Waals surface area contributed by atoms with Gasteiger partial charge in [0.2, 0.25) is 0 Å². The monoisotopic (exact) mass is 237 g/mol. The molecule has 0 saturated heterocycles. The molecular weight excluding hydrogens is 218 g/mol. The molecule has 0 aromatic heterocycles. The van der Waals surface area contributed by atoms with Crippen LogP contribution in [0.5, 0.6) is 5.75 Å². The summed E-state index contributed by atoms with van der Waals surface area (Å²) in [6.07, 6.45) is 0. The van der Waals surface area contributed by atoms with Gasteiger partial charge < -0.3 is 15.6 Å². The zero-order valence-corrected chi connectivity index (χ0v) is 10.4. The van der Waals surface area contributed by atoms with Crippen LogP contribution in [0.25, 0.3) is 0 Å². The van der Waals surface area contributed by atoms with E-state index in [4.69, 9.17) is 15.6 Å². The summed E-state index contributed by atoms with van der Waals surface area (Å²) in [6.45, 7) is 4.15. The Morgan fingerprint density at radius 2 is 2.00 bits per heavy atom. The van der Waals surface area contributed by atoms with Gasteiger partial charge in [-0.3, -0.25) is 4.79 Å². The molecule has 0 aliphatic heterocycles. The third-order valence-electron chi connectivity index (χ3n) is 2.81. The smallest absolute Gasteiger partial charge is 0.312 e. The fourth-order valence-corrected chi connectivity index (χ4v) is 1.90. The van der Waals surface area contributed by atoms with Crippen molar-refractivity contribution < 1.29 is 14.6 Å². The minimum absolute atomic E-state index is 0.0627. The van der Waals surface area contributed by atoms with Crippen molar-refractivity contribution in [2.45, 2.75) is 25.7 Å². The van der Waals surface area contributed by atoms with Gasteiger partial charge in [0.05, 0.1) is 13.0 Å². The van der Waals surface area contributed by atoms with Crippen molar-refractivity contribution in [3.63, 3.8) is 0 Å². The molecule has 1 atom stereocenters. The molecule has 3 N–H and O–H groups in total. The molecule has 94 valence electrons. The molecule has 0 bridgehead atoms. The second kappa shape index (κ2) is 5.68. The molecule has 0 radical (unpaired) electrons. The minimum atomic E-state index is -0.924. The SMILES string of the molecule is COc1c(C(C)C)cccc1C(CN)C(=O)O. The molecule has 4 heteroatoms. The number of nitrogens with two attached hydrogens (primary N) is 1. The van der Waals surface area contributed by atoms with Crippen LogP contribution in [0.4, 0.5) is 0 Å². The molecule has 0 spiro atoms. The van der Waals surface area contributed by atoms with Crippen LogP contribution in [-0.2, 0) is 4.79 Å². The number of carboxylic acid groups (broad SMARTS) is 1. The van der Waals surface area contributed by atoms with Gasteiger partial charge >= 0.3 is 5.97 Å². The lowest BCUT2D eigenvalue weighted by atomic mass is 9.92. The molecule has 0 heterocycles. The Morgan fingerprint density at radius 1 is 1.41 bits per heavy atom. The number of methoxy groups -OCH3 is 1. The lowest BCUT2D eigenvalue weighted by molar-refractivity contribution is -0.138. The van der Waals surface area contributed by atoms with Crippen molar-refractivity contribution in [1.29, 1.82) is 0 Å². The average Bonchev–Trinajstić information content (AvgIpc) is 2.29. The first-order chi connectivity index (χ1) is 8.02. The van der Waals surface area contributed by atoms with Gasteiger partial charge in [-0.1, -0.05) is 32.0 Å². The number of aliphatic carboxylic acids is 1. The molecule has 4 nitrogen and oxygen atoms in total. The fraction of sp³-hybridized carbons (Fsp3) is 0.462. The average molecular weight is 237 g/mol. The highest BCUT2D eigenvalue weighted by Gasteiger charge is 2.23. The minimum Gasteiger partial charge on any atom is -0.496 e. The lowest BCUT2D eigenvalue weighted by Gasteiger charge is -2.19. The van der Waals surface area contributed by atoms with Crippen molar-refractivity contribution in [3.05, 3.63) is 29.3 Å². The van der Waals surface area contributed by atoms with Gasteiger partial charge in [-0.25, -0.2) is 0 Å². The van der Waals surface area contributed by atoms with Crippen molar-refractivity contribution in [2.75, 3.05) is 13.7 Å². The Bertz CT molecular complexity index is 402. The number of benzene rings is 1. The zero-order valence-electron chi connectivity index (χ0n) is 10.4. The van der Waals surface area contributed by atoms with Crippen LogP contribution in [0.15, 0.2) is 18.2 Å². The van der Waals surface area contributed by atoms with Crippen LogP contribution in [-0.4, -0.2) is 24.7 Å². The highest BCUT2D eigenvalue weighted by molar-refractivity contribution is 5.78. The first-order valence-corrected chi connectivity index (χ1v) is 5.62. The summed E-state index contributed by atoms with van der Waals surface area (Å²) in [5.74, 6) is -0.729. The van der Waals surface area contributed by atoms with E-state index in [0.29, 0.717) is 11.3 Å². The van der Waals surface area contributed by atoms with Gasteiger partial charge in [0.15, 0.2) is 0 Å². The number of hydrogen-bond acceptors (Lipinski definition) is 3. The summed E-state index contributed by atoms with van der Waals surface area (Å²) in [5, 5.41) is 9.14. The second-order valence-electron chi connectivity index (χ2n) is 4.25. The molecule has 0 fully saturated rings. The van der Waals surface area contributed by atoms with Crippen molar-refractivity contribution in [3.8, 4) is 5.75 Å². The quantitative estimate of drug-likeness (QED) is 0.821. The van der Waals surface area contributed by atoms with Crippen molar-refractivity contribution in [2.24, 2.45) is 5.73 Å². The number of carboxylic acids is 1. The maximum absolute atomic E-state index is 11.1. The summed E-state index contributed by atoms with van der Waals surface area (Å²) in [5.41, 5.74) is 7.17. The third-order valence-corrected chi connectivity index (χ3v) is 2.81. The molecule has 1 unspecified atom stereocenters. The highest BCUT2D eigenvalue weighted by atomic mass is 16.5. The van der Waals surface area contributed by atoms with Crippen LogP contribution in [0, 0.1) is 0 Å². The molecule has 0 saturated carbocycles. The summed E-state index contributed by atoms with van der Waals surface area (Å²) < 4.78 is 5.35. The highest BCUT2D eigenvalue weighted by Crippen LogP contribution is 2.34. The maximum Gasteiger partial charge on any atom is 0.312 e. The van der Waals surface area contributed by atoms with Crippen LogP contribution in [0.2, 0.25) is 0 Å². The standard InChI is InChI=1S/C13H19NO3/c1-8(2)9-5-4-6-10(12(9)17-3)11(7-14)13(15)16/h4-6,8,11H,7,14H2,1-3H3,(H,15,16). The fourth-order valence-electron chi connectivity index (χ4n) is 1.90. The van der Waals surface area contributed by atoms with Crippen LogP contribution in [0.3, 0.4) is 0 Å². The predicted molar refractivity (Wildman–Crippen MR) is 66.5 cm³/mol. The first-order valence-electron chi connectivity index (χ1n) is 5.62. The van der Waals surface area contributed by atoms with Gasteiger partial charge in [0.1, 0.15) is 5.75 Å². The first kappa shape index (κ1) is 13.5. The number of hydrogen-bond donors (Lipinski definition) is 2. The predicted octanol–water partition coefficient (Wildman–Crippen LogP) is 1.95. The van der Waals surface area contributed by atoms with E-state index in [1.165, 1.54) is 0 Å². The van der Waals surface area contributed by atoms with E-state index in [1.54, 1.807) is 13.2 Å². The Balaban J connectivity index is 3.32. The Labute approximate surface area is 101 Å². The molecule has 0 amide bonds. The molecule has 1 aromatic rings. The van der Waals surface area contributed by atoms with Gasteiger partial charge in [0.25, 0.3) is 0 Å². The van der Waals surface area contributed by atoms with E-state index >= 15 is 0 Å². The molecule has 0 aliphatic carbocycles. The number of para-hydroxylation sites is 1. The van der Waals surface area contributed by atoms with Gasteiger partial charge in [-0.2, -0.15) is 0 Å². The molecule has 1 aromatic carbocycles. The normalized spacial score (nSPS) is 12.5. The van der Waals surface area contributed by atoms with E-state index < -0.39 is 11.9 Å². The summed E-state index contributed by atoms with van der Waals surface area (Å²) in [4.78, 5) is 11.1. The largest absolute Gasteiger partial charge is 0.496 e. The van der Waals surface area contributed by atoms with Crippen LogP contribution >= 0.6 is 0 Å². The molecule has 17 heavy (non-hydrogen) atoms. The van der Waals surface area contributed by atoms with Gasteiger partial charge in [0, 0.05) is 12.1 Å². The lowest BCUT2D eigenvalue weighted by Crippen LogP contribution is -2.22. The van der Waals surface area contributed by atoms with E-state index in [9.17, 15) is 4.79 Å². The summed E-state index contributed by atoms with van der Waals surface area (Å²) in [6, 6.07) is 5.55. The Morgan fingerprint density at radius 3 is 2.41 bits per heavy atom.